The lowest BCUT2D eigenvalue weighted by molar-refractivity contribution is -0.117. The summed E-state index contributed by atoms with van der Waals surface area (Å²) in [6.07, 6.45) is 7.61. The van der Waals surface area contributed by atoms with Gasteiger partial charge in [0.1, 0.15) is 5.69 Å². The molecule has 0 unspecified atom stereocenters. The van der Waals surface area contributed by atoms with Crippen LogP contribution in [0.5, 0.6) is 0 Å². The fraction of sp³-hybridized carbons (Fsp3) is 0.476. The molecule has 0 radical (unpaired) electrons. The third-order valence-corrected chi connectivity index (χ3v) is 5.92. The van der Waals surface area contributed by atoms with Crippen LogP contribution in [-0.2, 0) is 9.53 Å². The van der Waals surface area contributed by atoms with Crippen LogP contribution in [0.1, 0.15) is 41.7 Å². The molecular weight excluding hydrogens is 384 g/mol. The Morgan fingerprint density at radius 2 is 2.03 bits per heavy atom. The summed E-state index contributed by atoms with van der Waals surface area (Å²) < 4.78 is 5.46. The van der Waals surface area contributed by atoms with Gasteiger partial charge in [-0.2, -0.15) is 0 Å². The fourth-order valence-corrected chi connectivity index (χ4v) is 4.15. The summed E-state index contributed by atoms with van der Waals surface area (Å²) in [5.41, 5.74) is 7.67. The zero-order chi connectivity index (χ0) is 21.3. The van der Waals surface area contributed by atoms with Crippen LogP contribution in [0.2, 0.25) is 0 Å². The summed E-state index contributed by atoms with van der Waals surface area (Å²) in [4.78, 5) is 39.2. The van der Waals surface area contributed by atoms with Crippen molar-refractivity contribution in [1.82, 2.24) is 15.0 Å². The highest BCUT2D eigenvalue weighted by atomic mass is 16.5. The molecule has 4 rings (SSSR count). The van der Waals surface area contributed by atoms with Crippen molar-refractivity contribution in [2.24, 2.45) is 11.7 Å². The van der Waals surface area contributed by atoms with Gasteiger partial charge in [0.15, 0.2) is 11.6 Å². The van der Waals surface area contributed by atoms with Crippen LogP contribution in [-0.4, -0.2) is 53.1 Å². The third kappa shape index (κ3) is 3.97. The first kappa shape index (κ1) is 20.2. The minimum absolute atomic E-state index is 0.0123. The summed E-state index contributed by atoms with van der Waals surface area (Å²) in [7, 11) is 1.75. The van der Waals surface area contributed by atoms with E-state index in [4.69, 9.17) is 15.5 Å². The molecule has 2 aromatic heterocycles. The largest absolute Gasteiger partial charge is 0.381 e. The minimum atomic E-state index is -0.578. The Hall–Kier alpha value is -3.07. The number of pyridine rings is 1. The number of rotatable bonds is 5. The maximum atomic E-state index is 12.7. The molecule has 1 aliphatic heterocycles. The lowest BCUT2D eigenvalue weighted by Gasteiger charge is -2.34. The van der Waals surface area contributed by atoms with Crippen molar-refractivity contribution in [2.45, 2.75) is 38.7 Å². The molecule has 0 aromatic carbocycles. The Balaban J connectivity index is 1.61. The van der Waals surface area contributed by atoms with Crippen molar-refractivity contribution in [1.29, 1.82) is 0 Å². The predicted octanol–water partition coefficient (Wildman–Crippen LogP) is 1.91. The zero-order valence-electron chi connectivity index (χ0n) is 17.2. The van der Waals surface area contributed by atoms with Crippen molar-refractivity contribution in [3.8, 4) is 11.3 Å². The van der Waals surface area contributed by atoms with Gasteiger partial charge < -0.3 is 15.8 Å². The molecular formula is C21H26N6O3. The van der Waals surface area contributed by atoms with Crippen molar-refractivity contribution in [3.05, 3.63) is 29.7 Å². The van der Waals surface area contributed by atoms with Crippen LogP contribution < -0.4 is 16.0 Å². The summed E-state index contributed by atoms with van der Waals surface area (Å²) in [6.45, 7) is 2.70. The number of hydrogen-bond acceptors (Lipinski definition) is 7. The second kappa shape index (κ2) is 8.35. The van der Waals surface area contributed by atoms with E-state index in [2.05, 4.69) is 15.3 Å². The number of carbonyl (C=O) groups excluding carboxylic acids is 2. The highest BCUT2D eigenvalue weighted by molar-refractivity contribution is 6.01. The topological polar surface area (TPSA) is 123 Å². The van der Waals surface area contributed by atoms with Crippen LogP contribution in [0.3, 0.4) is 0 Å². The number of anilines is 2. The maximum absolute atomic E-state index is 12.7. The smallest absolute Gasteiger partial charge is 0.267 e. The molecule has 1 saturated carbocycles. The van der Waals surface area contributed by atoms with E-state index in [1.54, 1.807) is 30.5 Å². The maximum Gasteiger partial charge on any atom is 0.267 e. The van der Waals surface area contributed by atoms with Crippen molar-refractivity contribution in [3.63, 3.8) is 0 Å². The second-order valence-corrected chi connectivity index (χ2v) is 7.91. The number of amides is 2. The first-order valence-corrected chi connectivity index (χ1v) is 10.2. The van der Waals surface area contributed by atoms with Gasteiger partial charge in [-0.3, -0.25) is 19.5 Å². The molecule has 0 bridgehead atoms. The SMILES string of the molecule is COC1CCC(CN2C(=O)CNc3ncc(-c4cnc(C(N)=O)cc4C)nc32)CC1. The minimum Gasteiger partial charge on any atom is -0.381 e. The van der Waals surface area contributed by atoms with E-state index in [1.165, 1.54) is 0 Å². The molecule has 3 N–H and O–H groups in total. The van der Waals surface area contributed by atoms with E-state index >= 15 is 0 Å². The van der Waals surface area contributed by atoms with Gasteiger partial charge in [0.2, 0.25) is 5.91 Å². The highest BCUT2D eigenvalue weighted by Crippen LogP contribution is 2.33. The number of aryl methyl sites for hydroxylation is 1. The molecule has 2 amide bonds. The average Bonchev–Trinajstić information content (AvgIpc) is 2.76. The van der Waals surface area contributed by atoms with Crippen molar-refractivity contribution in [2.75, 3.05) is 30.4 Å². The van der Waals surface area contributed by atoms with Crippen LogP contribution >= 0.6 is 0 Å². The quantitative estimate of drug-likeness (QED) is 0.772. The van der Waals surface area contributed by atoms with Crippen LogP contribution in [0.25, 0.3) is 11.3 Å². The van der Waals surface area contributed by atoms with Gasteiger partial charge in [0, 0.05) is 25.4 Å². The van der Waals surface area contributed by atoms with E-state index in [0.29, 0.717) is 35.9 Å². The van der Waals surface area contributed by atoms with Gasteiger partial charge in [-0.1, -0.05) is 0 Å². The van der Waals surface area contributed by atoms with Crippen LogP contribution in [0.15, 0.2) is 18.5 Å². The Kier molecular flexibility index (Phi) is 5.63. The molecule has 3 heterocycles. The molecule has 2 aromatic rings. The predicted molar refractivity (Wildman–Crippen MR) is 112 cm³/mol. The third-order valence-electron chi connectivity index (χ3n) is 5.92. The van der Waals surface area contributed by atoms with Gasteiger partial charge in [0.05, 0.1) is 24.5 Å². The summed E-state index contributed by atoms with van der Waals surface area (Å²) in [6, 6.07) is 1.63. The number of aromatic nitrogens is 3. The molecule has 2 aliphatic rings. The number of nitrogens with one attached hydrogen (secondary N) is 1. The number of methoxy groups -OCH3 is 1. The van der Waals surface area contributed by atoms with E-state index < -0.39 is 5.91 Å². The zero-order valence-corrected chi connectivity index (χ0v) is 17.2. The Bertz CT molecular complexity index is 971. The number of nitrogens with zero attached hydrogens (tertiary/aromatic N) is 4. The molecule has 9 heteroatoms. The number of carbonyl (C=O) groups is 2. The summed E-state index contributed by atoms with van der Waals surface area (Å²) in [5.74, 6) is 0.960. The van der Waals surface area contributed by atoms with E-state index in [1.807, 2.05) is 6.92 Å². The molecule has 30 heavy (non-hydrogen) atoms. The number of fused-ring (bicyclic) bond motifs is 1. The van der Waals surface area contributed by atoms with Gasteiger partial charge in [0.25, 0.3) is 5.91 Å². The molecule has 158 valence electrons. The number of ether oxygens (including phenoxy) is 1. The lowest BCUT2D eigenvalue weighted by Crippen LogP contribution is -2.44. The Morgan fingerprint density at radius 1 is 1.27 bits per heavy atom. The number of primary amides is 1. The first-order valence-electron chi connectivity index (χ1n) is 10.2. The number of hydrogen-bond donors (Lipinski definition) is 2. The van der Waals surface area contributed by atoms with E-state index in [-0.39, 0.29) is 18.1 Å². The van der Waals surface area contributed by atoms with Crippen LogP contribution in [0.4, 0.5) is 11.6 Å². The highest BCUT2D eigenvalue weighted by Gasteiger charge is 2.31. The normalized spacial score (nSPS) is 21.1. The lowest BCUT2D eigenvalue weighted by atomic mass is 9.87. The van der Waals surface area contributed by atoms with Gasteiger partial charge in [-0.25, -0.2) is 9.97 Å². The Morgan fingerprint density at radius 3 is 2.70 bits per heavy atom. The molecule has 1 fully saturated rings. The monoisotopic (exact) mass is 410 g/mol. The molecule has 0 saturated heterocycles. The molecule has 1 aliphatic carbocycles. The fourth-order valence-electron chi connectivity index (χ4n) is 4.15. The van der Waals surface area contributed by atoms with Gasteiger partial charge in [-0.05, 0) is 50.2 Å². The second-order valence-electron chi connectivity index (χ2n) is 7.91. The summed E-state index contributed by atoms with van der Waals surface area (Å²) >= 11 is 0. The Labute approximate surface area is 175 Å². The first-order chi connectivity index (χ1) is 14.5. The number of nitrogens with two attached hydrogens (primary N) is 1. The van der Waals surface area contributed by atoms with E-state index in [9.17, 15) is 9.59 Å². The molecule has 0 atom stereocenters. The van der Waals surface area contributed by atoms with Crippen molar-refractivity contribution < 1.29 is 14.3 Å². The standard InChI is InChI=1S/C21H26N6O3/c1-12-7-16(19(22)29)23-8-15(12)17-9-24-20-21(26-17)27(18(28)10-25-20)11-13-3-5-14(30-2)6-4-13/h7-9,13-14H,3-6,10-11H2,1-2H3,(H2,22,29)(H,24,25). The van der Waals surface area contributed by atoms with E-state index in [0.717, 1.165) is 36.8 Å². The van der Waals surface area contributed by atoms with Gasteiger partial charge in [-0.15, -0.1) is 0 Å². The van der Waals surface area contributed by atoms with Crippen molar-refractivity contribution >= 4 is 23.5 Å². The molecule has 9 nitrogen and oxygen atoms in total. The summed E-state index contributed by atoms with van der Waals surface area (Å²) in [5, 5.41) is 3.05. The van der Waals surface area contributed by atoms with Crippen LogP contribution in [0, 0.1) is 12.8 Å². The molecule has 0 spiro atoms. The van der Waals surface area contributed by atoms with Gasteiger partial charge >= 0.3 is 0 Å². The average molecular weight is 410 g/mol.